The lowest BCUT2D eigenvalue weighted by molar-refractivity contribution is 0.418. The second kappa shape index (κ2) is 5.15. The van der Waals surface area contributed by atoms with Gasteiger partial charge in [-0.3, -0.25) is 0 Å². The van der Waals surface area contributed by atoms with Gasteiger partial charge in [0, 0.05) is 6.54 Å². The van der Waals surface area contributed by atoms with Crippen LogP contribution in [0.4, 0.5) is 0 Å². The molecule has 0 saturated carbocycles. The molecule has 1 aromatic carbocycles. The molecular weight excluding hydrogens is 258 g/mol. The first-order valence-corrected chi connectivity index (χ1v) is 7.46. The Labute approximate surface area is 114 Å². The van der Waals surface area contributed by atoms with Crippen LogP contribution in [0.1, 0.15) is 5.56 Å². The van der Waals surface area contributed by atoms with Crippen molar-refractivity contribution < 1.29 is 8.42 Å². The van der Waals surface area contributed by atoms with Crippen LogP contribution < -0.4 is 0 Å². The molecule has 19 heavy (non-hydrogen) atoms. The number of hydrogen-bond donors (Lipinski definition) is 0. The smallest absolute Gasteiger partial charge is 0.207 e. The summed E-state index contributed by atoms with van der Waals surface area (Å²) in [6, 6.07) is 6.53. The molecule has 2 rings (SSSR count). The lowest BCUT2D eigenvalue weighted by Crippen LogP contribution is -2.41. The highest BCUT2D eigenvalue weighted by Crippen LogP contribution is 2.24. The van der Waals surface area contributed by atoms with Crippen molar-refractivity contribution in [3.63, 3.8) is 0 Å². The highest BCUT2D eigenvalue weighted by molar-refractivity contribution is 7.89. The lowest BCUT2D eigenvalue weighted by atomic mass is 10.1. The van der Waals surface area contributed by atoms with Gasteiger partial charge in [-0.15, -0.1) is 6.58 Å². The maximum Gasteiger partial charge on any atom is 0.244 e. The van der Waals surface area contributed by atoms with Crippen molar-refractivity contribution in [3.05, 3.63) is 66.8 Å². The van der Waals surface area contributed by atoms with Crippen LogP contribution in [0.3, 0.4) is 0 Å². The van der Waals surface area contributed by atoms with Gasteiger partial charge in [-0.1, -0.05) is 42.5 Å². The first kappa shape index (κ1) is 13.8. The van der Waals surface area contributed by atoms with Crippen molar-refractivity contribution in [1.29, 1.82) is 0 Å². The molecule has 100 valence electrons. The molecule has 0 fully saturated rings. The van der Waals surface area contributed by atoms with Gasteiger partial charge in [-0.2, -0.15) is 4.31 Å². The number of sulfonamides is 1. The zero-order valence-corrected chi connectivity index (χ0v) is 11.7. The second-order valence-electron chi connectivity index (χ2n) is 4.61. The van der Waals surface area contributed by atoms with Crippen molar-refractivity contribution in [2.45, 2.75) is 17.9 Å². The lowest BCUT2D eigenvalue weighted by Gasteiger charge is -2.30. The van der Waals surface area contributed by atoms with Crippen molar-refractivity contribution in [2.24, 2.45) is 0 Å². The maximum atomic E-state index is 12.6. The van der Waals surface area contributed by atoms with Crippen molar-refractivity contribution in [2.75, 3.05) is 6.54 Å². The average Bonchev–Trinajstić information content (AvgIpc) is 2.39. The van der Waals surface area contributed by atoms with E-state index in [2.05, 4.69) is 13.2 Å². The van der Waals surface area contributed by atoms with Crippen molar-refractivity contribution >= 4 is 10.0 Å². The molecule has 1 atom stereocenters. The third kappa shape index (κ3) is 2.69. The highest BCUT2D eigenvalue weighted by Gasteiger charge is 2.30. The molecule has 0 N–H and O–H groups in total. The van der Waals surface area contributed by atoms with E-state index in [4.69, 9.17) is 0 Å². The van der Waals surface area contributed by atoms with E-state index in [-0.39, 0.29) is 6.04 Å². The number of aryl methyl sites for hydroxylation is 1. The summed E-state index contributed by atoms with van der Waals surface area (Å²) in [4.78, 5) is 0.299. The summed E-state index contributed by atoms with van der Waals surface area (Å²) in [7, 11) is -3.52. The van der Waals surface area contributed by atoms with Crippen LogP contribution in [0.25, 0.3) is 0 Å². The Morgan fingerprint density at radius 2 is 1.95 bits per heavy atom. The molecule has 0 aliphatic carbocycles. The Morgan fingerprint density at radius 3 is 2.53 bits per heavy atom. The summed E-state index contributed by atoms with van der Waals surface area (Å²) in [5, 5.41) is 0. The minimum Gasteiger partial charge on any atom is -0.207 e. The van der Waals surface area contributed by atoms with Gasteiger partial charge in [0.05, 0.1) is 10.9 Å². The van der Waals surface area contributed by atoms with Gasteiger partial charge in [-0.25, -0.2) is 8.42 Å². The molecule has 0 saturated heterocycles. The standard InChI is InChI=1S/C15H17NO2S/c1-4-14-8-5-13(3)11-16(14)19(17,18)15-9-6-12(2)7-10-15/h4-10,14H,1,3,11H2,2H3/t14-/m1/s1. The van der Waals surface area contributed by atoms with Gasteiger partial charge in [0.2, 0.25) is 10.0 Å². The van der Waals surface area contributed by atoms with E-state index in [0.29, 0.717) is 11.4 Å². The highest BCUT2D eigenvalue weighted by atomic mass is 32.2. The van der Waals surface area contributed by atoms with Gasteiger partial charge in [0.25, 0.3) is 0 Å². The topological polar surface area (TPSA) is 37.4 Å². The van der Waals surface area contributed by atoms with Gasteiger partial charge < -0.3 is 0 Å². The number of benzene rings is 1. The summed E-state index contributed by atoms with van der Waals surface area (Å²) < 4.78 is 26.6. The largest absolute Gasteiger partial charge is 0.244 e. The third-order valence-electron chi connectivity index (χ3n) is 3.09. The van der Waals surface area contributed by atoms with E-state index in [9.17, 15) is 8.42 Å². The molecular formula is C15H17NO2S. The van der Waals surface area contributed by atoms with Gasteiger partial charge in [-0.05, 0) is 24.6 Å². The van der Waals surface area contributed by atoms with Crippen molar-refractivity contribution in [1.82, 2.24) is 4.31 Å². The first-order valence-electron chi connectivity index (χ1n) is 6.02. The monoisotopic (exact) mass is 275 g/mol. The zero-order chi connectivity index (χ0) is 14.0. The molecule has 4 heteroatoms. The fraction of sp³-hybridized carbons (Fsp3) is 0.200. The number of nitrogens with zero attached hydrogens (tertiary/aromatic N) is 1. The molecule has 0 radical (unpaired) electrons. The molecule has 0 bridgehead atoms. The SMILES string of the molecule is C=C[C@@H]1C=CC(=C)CN1S(=O)(=O)c1ccc(C)cc1. The van der Waals surface area contributed by atoms with Gasteiger partial charge in [0.15, 0.2) is 0 Å². The molecule has 1 aliphatic rings. The van der Waals surface area contributed by atoms with E-state index < -0.39 is 10.0 Å². The Hall–Kier alpha value is -1.65. The molecule has 0 unspecified atom stereocenters. The summed E-state index contributed by atoms with van der Waals surface area (Å²) in [6.07, 6.45) is 5.26. The Bertz CT molecular complexity index is 627. The van der Waals surface area contributed by atoms with Crippen LogP contribution in [0.2, 0.25) is 0 Å². The van der Waals surface area contributed by atoms with Crippen LogP contribution in [-0.4, -0.2) is 25.3 Å². The molecule has 0 amide bonds. The van der Waals surface area contributed by atoms with Crippen LogP contribution in [0, 0.1) is 6.92 Å². The minimum atomic E-state index is -3.52. The van der Waals surface area contributed by atoms with E-state index in [0.717, 1.165) is 11.1 Å². The van der Waals surface area contributed by atoms with Gasteiger partial charge in [0.1, 0.15) is 0 Å². The summed E-state index contributed by atoms with van der Waals surface area (Å²) in [5.41, 5.74) is 1.80. The fourth-order valence-electron chi connectivity index (χ4n) is 1.98. The maximum absolute atomic E-state index is 12.6. The van der Waals surface area contributed by atoms with E-state index in [1.165, 1.54) is 4.31 Å². The average molecular weight is 275 g/mol. The molecule has 3 nitrogen and oxygen atoms in total. The fourth-order valence-corrected chi connectivity index (χ4v) is 3.54. The van der Waals surface area contributed by atoms with E-state index >= 15 is 0 Å². The van der Waals surface area contributed by atoms with Crippen LogP contribution in [0.15, 0.2) is 66.1 Å². The molecule has 0 aromatic heterocycles. The van der Waals surface area contributed by atoms with E-state index in [1.54, 1.807) is 36.4 Å². The molecule has 1 aromatic rings. The number of rotatable bonds is 3. The Kier molecular flexibility index (Phi) is 3.73. The Balaban J connectivity index is 2.43. The number of hydrogen-bond acceptors (Lipinski definition) is 2. The normalized spacial score (nSPS) is 20.5. The quantitative estimate of drug-likeness (QED) is 0.795. The van der Waals surface area contributed by atoms with E-state index in [1.807, 2.05) is 13.0 Å². The minimum absolute atomic E-state index is 0.295. The van der Waals surface area contributed by atoms with Crippen molar-refractivity contribution in [3.8, 4) is 0 Å². The Morgan fingerprint density at radius 1 is 1.32 bits per heavy atom. The molecule has 1 heterocycles. The zero-order valence-electron chi connectivity index (χ0n) is 10.9. The third-order valence-corrected chi connectivity index (χ3v) is 4.95. The molecule has 1 aliphatic heterocycles. The van der Waals surface area contributed by atoms with Crippen LogP contribution in [0.5, 0.6) is 0 Å². The molecule has 0 spiro atoms. The summed E-state index contributed by atoms with van der Waals surface area (Å²) in [5.74, 6) is 0. The summed E-state index contributed by atoms with van der Waals surface area (Å²) >= 11 is 0. The van der Waals surface area contributed by atoms with Gasteiger partial charge >= 0.3 is 0 Å². The predicted octanol–water partition coefficient (Wildman–Crippen LogP) is 2.67. The van der Waals surface area contributed by atoms with Crippen LogP contribution >= 0.6 is 0 Å². The first-order chi connectivity index (χ1) is 8.95. The predicted molar refractivity (Wildman–Crippen MR) is 77.3 cm³/mol. The second-order valence-corrected chi connectivity index (χ2v) is 6.50. The van der Waals surface area contributed by atoms with Crippen LogP contribution in [-0.2, 0) is 10.0 Å². The summed E-state index contributed by atoms with van der Waals surface area (Å²) in [6.45, 7) is 9.74.